The van der Waals surface area contributed by atoms with Gasteiger partial charge in [-0.3, -0.25) is 4.79 Å². The van der Waals surface area contributed by atoms with Crippen LogP contribution in [0.1, 0.15) is 17.4 Å². The molecule has 2 heterocycles. The Morgan fingerprint density at radius 1 is 1.62 bits per heavy atom. The molecule has 1 aromatic heterocycles. The van der Waals surface area contributed by atoms with Gasteiger partial charge in [-0.1, -0.05) is 0 Å². The third-order valence-corrected chi connectivity index (χ3v) is 4.05. The van der Waals surface area contributed by atoms with Crippen molar-refractivity contribution >= 4 is 37.8 Å². The predicted molar refractivity (Wildman–Crippen MR) is 56.8 cm³/mol. The summed E-state index contributed by atoms with van der Waals surface area (Å²) >= 11 is 6.80. The zero-order chi connectivity index (χ0) is 9.59. The van der Waals surface area contributed by atoms with Gasteiger partial charge >= 0.3 is 0 Å². The van der Waals surface area contributed by atoms with Gasteiger partial charge in [0.1, 0.15) is 5.69 Å². The monoisotopic (exact) mass is 306 g/mol. The first-order valence-electron chi connectivity index (χ1n) is 3.95. The van der Waals surface area contributed by atoms with Crippen LogP contribution in [0, 0.1) is 0 Å². The lowest BCUT2D eigenvalue weighted by molar-refractivity contribution is 0.0905. The van der Waals surface area contributed by atoms with Crippen LogP contribution in [0.2, 0.25) is 0 Å². The van der Waals surface area contributed by atoms with Crippen molar-refractivity contribution in [2.75, 3.05) is 0 Å². The van der Waals surface area contributed by atoms with Crippen LogP contribution in [-0.2, 0) is 6.54 Å². The minimum atomic E-state index is -0.00912. The number of rotatable bonds is 0. The van der Waals surface area contributed by atoms with Gasteiger partial charge < -0.3 is 9.88 Å². The van der Waals surface area contributed by atoms with E-state index >= 15 is 0 Å². The first-order valence-corrected chi connectivity index (χ1v) is 5.53. The normalized spacial score (nSPS) is 21.2. The summed E-state index contributed by atoms with van der Waals surface area (Å²) in [5.41, 5.74) is 0.705. The van der Waals surface area contributed by atoms with E-state index in [1.54, 1.807) is 0 Å². The van der Waals surface area contributed by atoms with E-state index in [0.717, 1.165) is 15.6 Å². The number of amides is 1. The van der Waals surface area contributed by atoms with Gasteiger partial charge in [-0.05, 0) is 44.8 Å². The van der Waals surface area contributed by atoms with E-state index in [4.69, 9.17) is 0 Å². The fourth-order valence-electron chi connectivity index (χ4n) is 1.48. The molecule has 0 fully saturated rings. The molecule has 0 aromatic carbocycles. The Labute approximate surface area is 92.8 Å². The van der Waals surface area contributed by atoms with E-state index in [-0.39, 0.29) is 11.9 Å². The van der Waals surface area contributed by atoms with Crippen LogP contribution >= 0.6 is 31.9 Å². The highest BCUT2D eigenvalue weighted by molar-refractivity contribution is 9.13. The molecule has 1 aromatic rings. The van der Waals surface area contributed by atoms with Gasteiger partial charge in [-0.2, -0.15) is 0 Å². The van der Waals surface area contributed by atoms with E-state index in [9.17, 15) is 4.79 Å². The van der Waals surface area contributed by atoms with Crippen molar-refractivity contribution in [2.24, 2.45) is 0 Å². The summed E-state index contributed by atoms with van der Waals surface area (Å²) in [6.45, 7) is 2.80. The second-order valence-corrected chi connectivity index (χ2v) is 4.76. The number of fused-ring (bicyclic) bond motifs is 1. The van der Waals surface area contributed by atoms with Gasteiger partial charge in [-0.15, -0.1) is 0 Å². The van der Waals surface area contributed by atoms with Crippen molar-refractivity contribution in [2.45, 2.75) is 19.5 Å². The van der Waals surface area contributed by atoms with Gasteiger partial charge in [-0.25, -0.2) is 0 Å². The molecule has 0 bridgehead atoms. The van der Waals surface area contributed by atoms with Crippen LogP contribution in [-0.4, -0.2) is 16.5 Å². The maximum absolute atomic E-state index is 11.5. The minimum absolute atomic E-state index is 0.00912. The zero-order valence-electron chi connectivity index (χ0n) is 6.97. The average molecular weight is 308 g/mol. The predicted octanol–water partition coefficient (Wildman–Crippen LogP) is 2.15. The number of carbonyl (C=O) groups is 1. The van der Waals surface area contributed by atoms with Crippen LogP contribution < -0.4 is 5.32 Å². The standard InChI is InChI=1S/C8H8Br2N2O/c1-4-3-12-6(8(13)11-4)2-5(9)7(12)10/h2,4H,3H2,1H3,(H,11,13)/t4-/m1/s1. The fourth-order valence-corrected chi connectivity index (χ4v) is 2.36. The Hall–Kier alpha value is -0.290. The molecule has 1 N–H and O–H groups in total. The number of carbonyl (C=O) groups excluding carboxylic acids is 1. The fraction of sp³-hybridized carbons (Fsp3) is 0.375. The van der Waals surface area contributed by atoms with Crippen molar-refractivity contribution in [3.05, 3.63) is 20.8 Å². The molecule has 0 unspecified atom stereocenters. The van der Waals surface area contributed by atoms with Gasteiger partial charge in [0.15, 0.2) is 0 Å². The molecule has 1 aliphatic heterocycles. The van der Waals surface area contributed by atoms with Crippen LogP contribution in [0.5, 0.6) is 0 Å². The minimum Gasteiger partial charge on any atom is -0.347 e. The van der Waals surface area contributed by atoms with Crippen LogP contribution in [0.4, 0.5) is 0 Å². The molecule has 0 saturated carbocycles. The lowest BCUT2D eigenvalue weighted by atomic mass is 10.2. The Kier molecular flexibility index (Phi) is 2.23. The molecule has 0 spiro atoms. The van der Waals surface area contributed by atoms with Crippen molar-refractivity contribution in [3.8, 4) is 0 Å². The molecule has 1 amide bonds. The molecule has 70 valence electrons. The largest absolute Gasteiger partial charge is 0.347 e. The molecular weight excluding hydrogens is 300 g/mol. The summed E-state index contributed by atoms with van der Waals surface area (Å²) in [6, 6.07) is 2.02. The summed E-state index contributed by atoms with van der Waals surface area (Å²) in [6.07, 6.45) is 0. The van der Waals surface area contributed by atoms with E-state index < -0.39 is 0 Å². The molecule has 1 aliphatic rings. The molecule has 5 heteroatoms. The lowest BCUT2D eigenvalue weighted by Gasteiger charge is -2.22. The van der Waals surface area contributed by atoms with E-state index in [1.165, 1.54) is 0 Å². The first-order chi connectivity index (χ1) is 6.09. The maximum Gasteiger partial charge on any atom is 0.268 e. The van der Waals surface area contributed by atoms with E-state index in [1.807, 2.05) is 17.6 Å². The molecule has 0 aliphatic carbocycles. The van der Waals surface area contributed by atoms with Crippen molar-refractivity contribution in [3.63, 3.8) is 0 Å². The first kappa shape index (κ1) is 9.27. The van der Waals surface area contributed by atoms with Crippen LogP contribution in [0.25, 0.3) is 0 Å². The topological polar surface area (TPSA) is 34.0 Å². The number of halogens is 2. The molecular formula is C8H8Br2N2O. The summed E-state index contributed by atoms with van der Waals surface area (Å²) in [4.78, 5) is 11.5. The van der Waals surface area contributed by atoms with Crippen molar-refractivity contribution in [1.29, 1.82) is 0 Å². The number of nitrogens with zero attached hydrogens (tertiary/aromatic N) is 1. The molecule has 13 heavy (non-hydrogen) atoms. The van der Waals surface area contributed by atoms with Gasteiger partial charge in [0.2, 0.25) is 0 Å². The third-order valence-electron chi connectivity index (χ3n) is 2.05. The van der Waals surface area contributed by atoms with Gasteiger partial charge in [0.25, 0.3) is 5.91 Å². The van der Waals surface area contributed by atoms with Gasteiger partial charge in [0.05, 0.1) is 9.08 Å². The summed E-state index contributed by atoms with van der Waals surface area (Å²) in [5.74, 6) is -0.00912. The van der Waals surface area contributed by atoms with Crippen molar-refractivity contribution in [1.82, 2.24) is 9.88 Å². The summed E-state index contributed by atoms with van der Waals surface area (Å²) in [7, 11) is 0. The molecule has 3 nitrogen and oxygen atoms in total. The smallest absolute Gasteiger partial charge is 0.268 e. The average Bonchev–Trinajstić information content (AvgIpc) is 2.32. The molecule has 0 radical (unpaired) electrons. The number of hydrogen-bond acceptors (Lipinski definition) is 1. The molecule has 2 rings (SSSR count). The molecule has 1 atom stereocenters. The quantitative estimate of drug-likeness (QED) is 0.783. The highest BCUT2D eigenvalue weighted by Gasteiger charge is 2.24. The second-order valence-electron chi connectivity index (χ2n) is 3.15. The van der Waals surface area contributed by atoms with Gasteiger partial charge in [0, 0.05) is 12.6 Å². The van der Waals surface area contributed by atoms with E-state index in [2.05, 4.69) is 37.2 Å². The third kappa shape index (κ3) is 1.44. The second kappa shape index (κ2) is 3.13. The Balaban J connectivity index is 2.55. The Morgan fingerprint density at radius 3 is 3.00 bits per heavy atom. The SMILES string of the molecule is C[C@@H]1Cn2c(cc(Br)c2Br)C(=O)N1. The Bertz CT molecular complexity index is 372. The number of aromatic nitrogens is 1. The highest BCUT2D eigenvalue weighted by atomic mass is 79.9. The van der Waals surface area contributed by atoms with Crippen LogP contribution in [0.15, 0.2) is 15.1 Å². The molecule has 0 saturated heterocycles. The lowest BCUT2D eigenvalue weighted by Crippen LogP contribution is -2.42. The zero-order valence-corrected chi connectivity index (χ0v) is 10.1. The summed E-state index contributed by atoms with van der Waals surface area (Å²) in [5, 5.41) is 2.87. The maximum atomic E-state index is 11.5. The number of nitrogens with one attached hydrogen (secondary N) is 1. The van der Waals surface area contributed by atoms with Crippen molar-refractivity contribution < 1.29 is 4.79 Å². The van der Waals surface area contributed by atoms with Crippen LogP contribution in [0.3, 0.4) is 0 Å². The number of hydrogen-bond donors (Lipinski definition) is 1. The summed E-state index contributed by atoms with van der Waals surface area (Å²) < 4.78 is 3.82. The van der Waals surface area contributed by atoms with E-state index in [0.29, 0.717) is 5.69 Å². The highest BCUT2D eigenvalue weighted by Crippen LogP contribution is 2.29. The Morgan fingerprint density at radius 2 is 2.31 bits per heavy atom.